The third kappa shape index (κ3) is 22.0. The molecule has 0 saturated carbocycles. The maximum atomic E-state index is 16.2. The number of aliphatic hydroxyl groups excluding tert-OH is 1. The Morgan fingerprint density at radius 3 is 2.14 bits per heavy atom. The molecule has 2 aromatic carbocycles. The number of carbonyl (C=O) groups excluding carboxylic acids is 2. The zero-order valence-corrected chi connectivity index (χ0v) is 36.9. The molecular weight excluding hydrogens is 810 g/mol. The molecule has 0 amide bonds. The third-order valence-electron chi connectivity index (χ3n) is 7.72. The van der Waals surface area contributed by atoms with Crippen molar-refractivity contribution in [2.45, 2.75) is 91.3 Å². The van der Waals surface area contributed by atoms with Crippen LogP contribution in [0.2, 0.25) is 0 Å². The van der Waals surface area contributed by atoms with Crippen LogP contribution < -0.4 is 16.0 Å². The van der Waals surface area contributed by atoms with Gasteiger partial charge in [-0.15, -0.1) is 17.9 Å². The molecule has 2 heterocycles. The number of piperidine rings is 1. The number of carbonyl (C=O) groups is 2. The van der Waals surface area contributed by atoms with E-state index in [-0.39, 0.29) is 17.3 Å². The van der Waals surface area contributed by atoms with Crippen LogP contribution in [0.3, 0.4) is 0 Å². The van der Waals surface area contributed by atoms with E-state index in [9.17, 15) is 21.8 Å². The zero-order valence-electron chi connectivity index (χ0n) is 35.3. The number of alkyl halides is 3. The summed E-state index contributed by atoms with van der Waals surface area (Å²) in [4.78, 5) is 26.3. The normalized spacial score (nSPS) is 12.8. The lowest BCUT2D eigenvalue weighted by atomic mass is 10.0. The summed E-state index contributed by atoms with van der Waals surface area (Å²) in [5.41, 5.74) is -1.09. The van der Waals surface area contributed by atoms with Crippen molar-refractivity contribution in [1.29, 1.82) is 0 Å². The Morgan fingerprint density at radius 2 is 1.59 bits per heavy atom. The Kier molecular flexibility index (Phi) is 32.2. The number of allylic oxidation sites excluding steroid dienone is 4. The molecule has 9 nitrogen and oxygen atoms in total. The minimum absolute atomic E-state index is 0.0911. The highest BCUT2D eigenvalue weighted by molar-refractivity contribution is 7.83. The summed E-state index contributed by atoms with van der Waals surface area (Å²) in [6, 6.07) is 7.19. The first-order chi connectivity index (χ1) is 28.3. The van der Waals surface area contributed by atoms with Gasteiger partial charge in [0.15, 0.2) is 5.82 Å². The van der Waals surface area contributed by atoms with E-state index in [1.807, 2.05) is 26.6 Å². The molecule has 1 fully saturated rings. The van der Waals surface area contributed by atoms with Crippen molar-refractivity contribution in [3.8, 4) is 11.3 Å². The summed E-state index contributed by atoms with van der Waals surface area (Å²) in [5, 5.41) is 16.7. The SMILES string of the molecule is C=CCCc1nc(-c2cccc(Nc3c(F)cccc3C(F)(F)F)c2F)c(C(/C=C\NC(C)=NC2CCNCC2)=C\CCC)s1.C=O.C=O.CCCC.CO.CS(C)=O. The van der Waals surface area contributed by atoms with Gasteiger partial charge in [0, 0.05) is 48.6 Å². The molecule has 0 aliphatic carbocycles. The van der Waals surface area contributed by atoms with Gasteiger partial charge in [0.05, 0.1) is 44.4 Å². The highest BCUT2D eigenvalue weighted by Gasteiger charge is 2.35. The largest absolute Gasteiger partial charge is 0.418 e. The number of benzene rings is 2. The van der Waals surface area contributed by atoms with Gasteiger partial charge in [-0.25, -0.2) is 13.8 Å². The van der Waals surface area contributed by atoms with Crippen molar-refractivity contribution >= 4 is 58.5 Å². The standard InChI is InChI=1S/C34H38F5N5S.C4H10.C2H6OS.CH4O.2CH2O/c1-4-6-10-23(16-21-41-22(3)42-24-17-19-40-20-18-24)33-31(44-29(45-33)15-7-5-2)25-11-8-14-28(30(25)36)43-32-26(34(37,38)39)12-9-13-27(32)35;1-3-4-2;1-4(2)3;3*1-2/h5,8-14,16,21,24,40,43H,2,4,6-7,15,17-20H2,1,3H3,(H,41,42);3-4H2,1-2H3;1-2H3;2H,1H3;2*1H2/b21-16-,23-10-;;;;;. The number of unbranched alkanes of at least 4 members (excludes halogenated alkanes) is 2. The number of rotatable bonds is 13. The number of thiazole rings is 1. The number of anilines is 2. The van der Waals surface area contributed by atoms with E-state index in [2.05, 4.69) is 49.4 Å². The molecule has 0 radical (unpaired) electrons. The van der Waals surface area contributed by atoms with Crippen LogP contribution in [-0.4, -0.2) is 72.5 Å². The van der Waals surface area contributed by atoms with Crippen molar-refractivity contribution in [2.24, 2.45) is 4.99 Å². The quantitative estimate of drug-likeness (QED) is 0.0439. The van der Waals surface area contributed by atoms with E-state index < -0.39 is 39.9 Å². The molecule has 1 saturated heterocycles. The van der Waals surface area contributed by atoms with E-state index >= 15 is 4.39 Å². The Bertz CT molecular complexity index is 1740. The van der Waals surface area contributed by atoms with Gasteiger partial charge in [-0.2, -0.15) is 13.2 Å². The summed E-state index contributed by atoms with van der Waals surface area (Å²) in [5.74, 6) is -1.19. The number of nitrogens with one attached hydrogen (secondary N) is 3. The van der Waals surface area contributed by atoms with Crippen molar-refractivity contribution in [2.75, 3.05) is 38.0 Å². The van der Waals surface area contributed by atoms with Gasteiger partial charge in [-0.1, -0.05) is 64.3 Å². The molecule has 16 heteroatoms. The number of hydrogen-bond acceptors (Lipinski definition) is 9. The number of aryl methyl sites for hydroxylation is 1. The average Bonchev–Trinajstić information content (AvgIpc) is 3.65. The molecule has 4 rings (SSSR count). The number of amidine groups is 1. The number of aliphatic imine (C=N–C) groups is 1. The molecule has 4 N–H and O–H groups in total. The first-order valence-corrected chi connectivity index (χ1v) is 21.7. The lowest BCUT2D eigenvalue weighted by molar-refractivity contribution is -0.137. The van der Waals surface area contributed by atoms with Crippen molar-refractivity contribution in [3.05, 3.63) is 94.5 Å². The number of aliphatic hydroxyl groups is 1. The number of aromatic nitrogens is 1. The molecule has 0 spiro atoms. The maximum Gasteiger partial charge on any atom is 0.418 e. The molecule has 3 aromatic rings. The van der Waals surface area contributed by atoms with Crippen LogP contribution in [0.1, 0.15) is 88.1 Å². The molecular formula is C43H62F5N5O4S2. The smallest absolute Gasteiger partial charge is 0.400 e. The molecule has 1 aliphatic heterocycles. The molecule has 0 unspecified atom stereocenters. The fourth-order valence-electron chi connectivity index (χ4n) is 4.94. The Balaban J connectivity index is 0. The lowest BCUT2D eigenvalue weighted by Gasteiger charge is -2.19. The Morgan fingerprint density at radius 1 is 1.00 bits per heavy atom. The van der Waals surface area contributed by atoms with Gasteiger partial charge < -0.3 is 30.6 Å². The second-order valence-electron chi connectivity index (χ2n) is 12.4. The van der Waals surface area contributed by atoms with Crippen LogP contribution in [0.25, 0.3) is 16.8 Å². The van der Waals surface area contributed by atoms with Gasteiger partial charge in [-0.3, -0.25) is 9.20 Å². The number of para-hydroxylation sites is 1. The van der Waals surface area contributed by atoms with E-state index in [0.717, 1.165) is 80.5 Å². The van der Waals surface area contributed by atoms with E-state index in [4.69, 9.17) is 24.7 Å². The number of halogens is 5. The Hall–Kier alpha value is -4.38. The second kappa shape index (κ2) is 33.5. The van der Waals surface area contributed by atoms with Crippen LogP contribution in [0.15, 0.2) is 72.4 Å². The van der Waals surface area contributed by atoms with Gasteiger partial charge in [0.1, 0.15) is 19.4 Å². The number of nitrogens with zero attached hydrogens (tertiary/aromatic N) is 2. The molecule has 1 aromatic heterocycles. The molecule has 0 atom stereocenters. The highest BCUT2D eigenvalue weighted by atomic mass is 32.2. The van der Waals surface area contributed by atoms with Crippen LogP contribution in [0.5, 0.6) is 0 Å². The monoisotopic (exact) mass is 871 g/mol. The minimum atomic E-state index is -4.84. The highest BCUT2D eigenvalue weighted by Crippen LogP contribution is 2.41. The van der Waals surface area contributed by atoms with Crippen molar-refractivity contribution in [3.63, 3.8) is 0 Å². The number of hydrogen-bond donors (Lipinski definition) is 4. The molecule has 330 valence electrons. The van der Waals surface area contributed by atoms with Gasteiger partial charge >= 0.3 is 6.18 Å². The van der Waals surface area contributed by atoms with Crippen LogP contribution in [0.4, 0.5) is 33.3 Å². The zero-order chi connectivity index (χ0) is 45.4. The molecule has 0 bridgehead atoms. The van der Waals surface area contributed by atoms with E-state index in [1.165, 1.54) is 42.4 Å². The molecule has 1 aliphatic rings. The van der Waals surface area contributed by atoms with Crippen LogP contribution >= 0.6 is 11.3 Å². The maximum absolute atomic E-state index is 16.2. The lowest BCUT2D eigenvalue weighted by Crippen LogP contribution is -2.31. The predicted molar refractivity (Wildman–Crippen MR) is 238 cm³/mol. The average molecular weight is 872 g/mol. The first-order valence-electron chi connectivity index (χ1n) is 19.0. The fraction of sp³-hybridized carbons (Fsp3) is 0.442. The van der Waals surface area contributed by atoms with Crippen molar-refractivity contribution < 1.29 is 40.9 Å². The second-order valence-corrected chi connectivity index (χ2v) is 15.0. The van der Waals surface area contributed by atoms with E-state index in [0.29, 0.717) is 23.4 Å². The fourth-order valence-corrected chi connectivity index (χ4v) is 6.06. The van der Waals surface area contributed by atoms with Gasteiger partial charge in [-0.05, 0) is 81.6 Å². The van der Waals surface area contributed by atoms with Crippen molar-refractivity contribution in [1.82, 2.24) is 15.6 Å². The van der Waals surface area contributed by atoms with Gasteiger partial charge in [0.25, 0.3) is 0 Å². The summed E-state index contributed by atoms with van der Waals surface area (Å²) < 4.78 is 81.3. The summed E-state index contributed by atoms with van der Waals surface area (Å²) in [6.07, 6.45) is 13.5. The van der Waals surface area contributed by atoms with Crippen LogP contribution in [-0.2, 0) is 33.0 Å². The van der Waals surface area contributed by atoms with E-state index in [1.54, 1.807) is 24.8 Å². The van der Waals surface area contributed by atoms with Crippen LogP contribution in [0, 0.1) is 11.6 Å². The first kappa shape index (κ1) is 56.7. The Labute approximate surface area is 353 Å². The summed E-state index contributed by atoms with van der Waals surface area (Å²) in [6.45, 7) is 18.0. The predicted octanol–water partition coefficient (Wildman–Crippen LogP) is 10.5. The van der Waals surface area contributed by atoms with Gasteiger partial charge in [0.2, 0.25) is 0 Å². The summed E-state index contributed by atoms with van der Waals surface area (Å²) >= 11 is 1.43. The molecule has 59 heavy (non-hydrogen) atoms. The third-order valence-corrected chi connectivity index (χ3v) is 8.89. The minimum Gasteiger partial charge on any atom is -0.400 e. The topological polar surface area (TPSA) is 133 Å². The summed E-state index contributed by atoms with van der Waals surface area (Å²) in [7, 11) is 0.389.